The number of amidine groups is 1. The topological polar surface area (TPSA) is 107 Å². The number of nitrogens with one attached hydrogen (secondary N) is 1. The highest BCUT2D eigenvalue weighted by molar-refractivity contribution is 8.13. The number of thioether (sulfide) groups is 1. The van der Waals surface area contributed by atoms with Crippen LogP contribution in [-0.2, 0) is 16.8 Å². The van der Waals surface area contributed by atoms with Crippen LogP contribution in [0.25, 0.3) is 0 Å². The molecule has 2 aliphatic rings. The minimum atomic E-state index is -0.553. The second-order valence-corrected chi connectivity index (χ2v) is 8.71. The molecule has 0 bridgehead atoms. The summed E-state index contributed by atoms with van der Waals surface area (Å²) in [6.45, 7) is 5.23. The summed E-state index contributed by atoms with van der Waals surface area (Å²) in [7, 11) is 0. The molecule has 2 aromatic rings. The Hall–Kier alpha value is -1.91. The van der Waals surface area contributed by atoms with Crippen LogP contribution in [0.5, 0.6) is 0 Å². The number of aliphatic imine (C=N–C) groups is 1. The fourth-order valence-corrected chi connectivity index (χ4v) is 5.42. The second kappa shape index (κ2) is 7.25. The van der Waals surface area contributed by atoms with Gasteiger partial charge in [-0.3, -0.25) is 9.48 Å². The van der Waals surface area contributed by atoms with Crippen molar-refractivity contribution in [1.29, 1.82) is 0 Å². The summed E-state index contributed by atoms with van der Waals surface area (Å²) in [4.78, 5) is 21.9. The van der Waals surface area contributed by atoms with Crippen LogP contribution in [0.3, 0.4) is 0 Å². The number of hydrogen-bond donors (Lipinski definition) is 2. The number of thiazole rings is 1. The lowest BCUT2D eigenvalue weighted by molar-refractivity contribution is -0.0466. The molecule has 0 saturated carbocycles. The molecule has 0 spiro atoms. The molecule has 1 amide bonds. The Balaban J connectivity index is 1.57. The summed E-state index contributed by atoms with van der Waals surface area (Å²) < 4.78 is 7.64. The molecule has 1 saturated heterocycles. The molecule has 1 fully saturated rings. The van der Waals surface area contributed by atoms with E-state index in [2.05, 4.69) is 22.3 Å². The highest BCUT2D eigenvalue weighted by Gasteiger charge is 2.49. The van der Waals surface area contributed by atoms with Crippen molar-refractivity contribution in [3.05, 3.63) is 28.3 Å². The molecule has 2 aromatic heterocycles. The molecular weight excluding hydrogens is 384 g/mol. The van der Waals surface area contributed by atoms with E-state index >= 15 is 0 Å². The first kappa shape index (κ1) is 18.5. The van der Waals surface area contributed by atoms with Gasteiger partial charge in [0.05, 0.1) is 24.5 Å². The molecule has 0 radical (unpaired) electrons. The molecule has 1 unspecified atom stereocenters. The van der Waals surface area contributed by atoms with Gasteiger partial charge in [0.25, 0.3) is 5.91 Å². The number of aryl methyl sites for hydroxylation is 1. The number of rotatable bonds is 4. The first-order chi connectivity index (χ1) is 13.0. The number of ether oxygens (including phenoxy) is 1. The molecule has 2 aliphatic heterocycles. The van der Waals surface area contributed by atoms with Gasteiger partial charge in [0.15, 0.2) is 5.17 Å². The molecule has 27 heavy (non-hydrogen) atoms. The van der Waals surface area contributed by atoms with Gasteiger partial charge in [-0.2, -0.15) is 5.10 Å². The van der Waals surface area contributed by atoms with Gasteiger partial charge in [-0.25, -0.2) is 9.98 Å². The highest BCUT2D eigenvalue weighted by Crippen LogP contribution is 2.46. The lowest BCUT2D eigenvalue weighted by Crippen LogP contribution is -2.49. The third kappa shape index (κ3) is 3.48. The Morgan fingerprint density at radius 2 is 2.41 bits per heavy atom. The molecule has 144 valence electrons. The fraction of sp³-hybridized carbons (Fsp3) is 0.529. The van der Waals surface area contributed by atoms with Crippen LogP contribution < -0.4 is 11.1 Å². The van der Waals surface area contributed by atoms with Crippen LogP contribution >= 0.6 is 23.1 Å². The molecule has 8 nitrogen and oxygen atoms in total. The van der Waals surface area contributed by atoms with Crippen molar-refractivity contribution >= 4 is 40.0 Å². The zero-order chi connectivity index (χ0) is 19.0. The van der Waals surface area contributed by atoms with Crippen LogP contribution in [0, 0.1) is 5.92 Å². The van der Waals surface area contributed by atoms with E-state index in [4.69, 9.17) is 15.5 Å². The van der Waals surface area contributed by atoms with Crippen LogP contribution in [0.2, 0.25) is 0 Å². The summed E-state index contributed by atoms with van der Waals surface area (Å²) in [5, 5.41) is 10.2. The first-order valence-electron chi connectivity index (χ1n) is 8.89. The van der Waals surface area contributed by atoms with E-state index in [1.54, 1.807) is 28.8 Å². The Kier molecular flexibility index (Phi) is 4.95. The molecule has 0 aliphatic carbocycles. The first-order valence-corrected chi connectivity index (χ1v) is 10.8. The van der Waals surface area contributed by atoms with E-state index in [0.717, 1.165) is 17.2 Å². The van der Waals surface area contributed by atoms with E-state index in [1.165, 1.54) is 11.3 Å². The highest BCUT2D eigenvalue weighted by atomic mass is 32.2. The van der Waals surface area contributed by atoms with Gasteiger partial charge in [0.2, 0.25) is 0 Å². The van der Waals surface area contributed by atoms with Crippen molar-refractivity contribution in [2.24, 2.45) is 16.6 Å². The number of nitrogens with two attached hydrogens (primary N) is 1. The minimum absolute atomic E-state index is 0.201. The number of carbonyl (C=O) groups excluding carboxylic acids is 1. The summed E-state index contributed by atoms with van der Waals surface area (Å²) in [5.74, 6) is 1.51. The normalized spacial score (nSPS) is 27.7. The average Bonchev–Trinajstić information content (AvgIpc) is 3.31. The minimum Gasteiger partial charge on any atom is -0.379 e. The quantitative estimate of drug-likeness (QED) is 0.807. The van der Waals surface area contributed by atoms with Gasteiger partial charge in [-0.1, -0.05) is 11.8 Å². The van der Waals surface area contributed by atoms with Crippen LogP contribution in [0.4, 0.5) is 5.82 Å². The molecular formula is C17H22N6O2S2. The summed E-state index contributed by atoms with van der Waals surface area (Å²) in [5.41, 5.74) is 5.99. The van der Waals surface area contributed by atoms with Gasteiger partial charge in [0.1, 0.15) is 16.4 Å². The smallest absolute Gasteiger partial charge is 0.260 e. The van der Waals surface area contributed by atoms with Crippen molar-refractivity contribution in [3.63, 3.8) is 0 Å². The Bertz CT molecular complexity index is 878. The monoisotopic (exact) mass is 406 g/mol. The lowest BCUT2D eigenvalue weighted by atomic mass is 9.80. The van der Waals surface area contributed by atoms with E-state index < -0.39 is 5.54 Å². The van der Waals surface area contributed by atoms with Gasteiger partial charge in [-0.15, -0.1) is 11.3 Å². The van der Waals surface area contributed by atoms with Crippen LogP contribution in [0.1, 0.15) is 35.6 Å². The van der Waals surface area contributed by atoms with Gasteiger partial charge in [0, 0.05) is 29.8 Å². The fourth-order valence-electron chi connectivity index (χ4n) is 3.45. The number of fused-ring (bicyclic) bond motifs is 1. The molecule has 10 heteroatoms. The maximum Gasteiger partial charge on any atom is 0.260 e. The summed E-state index contributed by atoms with van der Waals surface area (Å²) in [6.07, 6.45) is 4.39. The van der Waals surface area contributed by atoms with Crippen molar-refractivity contribution in [2.75, 3.05) is 17.7 Å². The third-order valence-electron chi connectivity index (χ3n) is 4.96. The number of nitrogens with zero attached hydrogens (tertiary/aromatic N) is 4. The number of amides is 1. The van der Waals surface area contributed by atoms with E-state index in [9.17, 15) is 4.79 Å². The van der Waals surface area contributed by atoms with E-state index in [1.807, 2.05) is 12.3 Å². The van der Waals surface area contributed by atoms with Gasteiger partial charge < -0.3 is 15.8 Å². The predicted molar refractivity (Wildman–Crippen MR) is 107 cm³/mol. The van der Waals surface area contributed by atoms with Crippen molar-refractivity contribution < 1.29 is 9.53 Å². The number of anilines is 1. The number of hydrogen-bond acceptors (Lipinski definition) is 8. The van der Waals surface area contributed by atoms with Gasteiger partial charge in [-0.05, 0) is 20.3 Å². The summed E-state index contributed by atoms with van der Waals surface area (Å²) >= 11 is 3.07. The number of aromatic nitrogens is 3. The SMILES string of the molecule is CCn1cc(C(=O)Nc2csc(C34CO[C@@H](C)C[C@H]3CSC(N)=N4)n2)cn1. The van der Waals surface area contributed by atoms with Gasteiger partial charge >= 0.3 is 0 Å². The summed E-state index contributed by atoms with van der Waals surface area (Å²) in [6, 6.07) is 0. The maximum absolute atomic E-state index is 12.4. The molecule has 4 heterocycles. The molecule has 3 N–H and O–H groups in total. The molecule has 0 aromatic carbocycles. The van der Waals surface area contributed by atoms with Crippen LogP contribution in [0.15, 0.2) is 22.8 Å². The predicted octanol–water partition coefficient (Wildman–Crippen LogP) is 2.29. The molecule has 4 rings (SSSR count). The van der Waals surface area contributed by atoms with E-state index in [-0.39, 0.29) is 12.0 Å². The Morgan fingerprint density at radius 1 is 1.56 bits per heavy atom. The van der Waals surface area contributed by atoms with Crippen molar-refractivity contribution in [3.8, 4) is 0 Å². The Morgan fingerprint density at radius 3 is 3.19 bits per heavy atom. The van der Waals surface area contributed by atoms with E-state index in [0.29, 0.717) is 35.6 Å². The average molecular weight is 407 g/mol. The largest absolute Gasteiger partial charge is 0.379 e. The zero-order valence-electron chi connectivity index (χ0n) is 15.2. The zero-order valence-corrected chi connectivity index (χ0v) is 16.8. The third-order valence-corrected chi connectivity index (χ3v) is 6.92. The Labute approximate surface area is 165 Å². The van der Waals surface area contributed by atoms with Crippen molar-refractivity contribution in [2.45, 2.75) is 38.5 Å². The molecule has 3 atom stereocenters. The number of carbonyl (C=O) groups is 1. The second-order valence-electron chi connectivity index (χ2n) is 6.82. The maximum atomic E-state index is 12.4. The standard InChI is InChI=1S/C17H22N6O2S2/c1-3-23-6-11(5-19-23)14(24)20-13-8-26-15(21-13)17-9-25-10(2)4-12(17)7-27-16(18)22-17/h5-6,8,10,12H,3-4,7,9H2,1-2H3,(H2,18,22)(H,20,24)/t10-,12-,17?/m0/s1. The van der Waals surface area contributed by atoms with Crippen molar-refractivity contribution in [1.82, 2.24) is 14.8 Å². The lowest BCUT2D eigenvalue weighted by Gasteiger charge is -2.44. The van der Waals surface area contributed by atoms with Crippen LogP contribution in [-0.4, -0.2) is 44.3 Å².